The zero-order valence-corrected chi connectivity index (χ0v) is 15.3. The minimum absolute atomic E-state index is 0. The fourth-order valence-corrected chi connectivity index (χ4v) is 1.49. The van der Waals surface area contributed by atoms with Crippen LogP contribution in [0.1, 0.15) is 71.1 Å². The van der Waals surface area contributed by atoms with E-state index in [9.17, 15) is 0 Å². The van der Waals surface area contributed by atoms with Gasteiger partial charge < -0.3 is 4.55 Å². The summed E-state index contributed by atoms with van der Waals surface area (Å²) in [7, 11) is -4.92. The molecular weight excluding hydrogens is 306 g/mol. The third-order valence-electron chi connectivity index (χ3n) is 2.35. The summed E-state index contributed by atoms with van der Waals surface area (Å²) in [6.07, 6.45) is 13.9. The summed E-state index contributed by atoms with van der Waals surface area (Å²) in [5.74, 6) is 0. The minimum atomic E-state index is -4.92. The van der Waals surface area contributed by atoms with Gasteiger partial charge in [-0.2, -0.15) is 0 Å². The molecule has 4 nitrogen and oxygen atoms in total. The Morgan fingerprint density at radius 2 is 1.22 bits per heavy atom. The number of hydrogen-bond acceptors (Lipinski definition) is 3. The van der Waals surface area contributed by atoms with Crippen molar-refractivity contribution >= 4 is 10.4 Å². The van der Waals surface area contributed by atoms with E-state index in [4.69, 9.17) is 17.5 Å². The molecule has 0 unspecified atom stereocenters. The largest absolute Gasteiger partial charge is 0.726 e. The number of unbranched alkanes of at least 4 members (excludes halogenated alkanes) is 9. The van der Waals surface area contributed by atoms with Crippen LogP contribution in [0.4, 0.5) is 0 Å². The van der Waals surface area contributed by atoms with Crippen LogP contribution in [0, 0.1) is 6.92 Å². The van der Waals surface area contributed by atoms with Crippen molar-refractivity contribution in [3.05, 3.63) is 6.92 Å². The molecule has 0 aliphatic heterocycles. The minimum Gasteiger partial charge on any atom is -0.726 e. The monoisotopic (exact) mass is 330 g/mol. The Kier molecular flexibility index (Phi) is 22.9. The molecule has 0 aromatic carbocycles. The van der Waals surface area contributed by atoms with Crippen LogP contribution in [0.15, 0.2) is 0 Å². The third kappa shape index (κ3) is 43.9. The third-order valence-corrected chi connectivity index (χ3v) is 2.35. The first kappa shape index (κ1) is 23.6. The summed E-state index contributed by atoms with van der Waals surface area (Å²) in [6.45, 7) is 6.12. The molecule has 18 heavy (non-hydrogen) atoms. The average molecular weight is 332 g/mol. The molecule has 0 amide bonds. The van der Waals surface area contributed by atoms with Crippen molar-refractivity contribution in [2.24, 2.45) is 0 Å². The summed E-state index contributed by atoms with van der Waals surface area (Å²) in [4.78, 5) is 0. The van der Waals surface area contributed by atoms with Gasteiger partial charge in [0.15, 0.2) is 0 Å². The van der Waals surface area contributed by atoms with E-state index in [1.165, 1.54) is 57.8 Å². The summed E-state index contributed by atoms with van der Waals surface area (Å²) in [5.41, 5.74) is 0. The molecule has 0 heterocycles. The molecule has 0 fully saturated rings. The van der Waals surface area contributed by atoms with Gasteiger partial charge in [-0.1, -0.05) is 78.1 Å². The van der Waals surface area contributed by atoms with E-state index in [1.807, 2.05) is 0 Å². The van der Waals surface area contributed by atoms with Crippen molar-refractivity contribution in [2.45, 2.75) is 71.1 Å². The summed E-state index contributed by atoms with van der Waals surface area (Å²) >= 11 is 0. The van der Waals surface area contributed by atoms with Crippen molar-refractivity contribution in [1.29, 1.82) is 0 Å². The van der Waals surface area contributed by atoms with E-state index in [-0.39, 0.29) is 19.5 Å². The topological polar surface area (TPSA) is 77.4 Å². The van der Waals surface area contributed by atoms with Crippen molar-refractivity contribution in [2.75, 3.05) is 0 Å². The van der Waals surface area contributed by atoms with Gasteiger partial charge >= 0.3 is 0 Å². The molecule has 0 aromatic heterocycles. The fraction of sp³-hybridized carbons (Fsp3) is 0.917. The van der Waals surface area contributed by atoms with E-state index in [0.717, 1.165) is 6.42 Å². The van der Waals surface area contributed by atoms with Gasteiger partial charge in [0, 0.05) is 19.5 Å². The van der Waals surface area contributed by atoms with Crippen molar-refractivity contribution < 1.29 is 37.0 Å². The molecule has 6 heteroatoms. The summed E-state index contributed by atoms with van der Waals surface area (Å²) in [5, 5.41) is 0. The first-order chi connectivity index (χ1) is 7.91. The average Bonchev–Trinajstić information content (AvgIpc) is 2.20. The maximum atomic E-state index is 8.63. The molecule has 0 aromatic rings. The maximum Gasteiger partial charge on any atom is 0.215 e. The predicted octanol–water partition coefficient (Wildman–Crippen LogP) is 3.74. The van der Waals surface area contributed by atoms with E-state index < -0.39 is 10.4 Å². The number of hydrogen-bond donors (Lipinski definition) is 1. The van der Waals surface area contributed by atoms with Crippen LogP contribution in [0.25, 0.3) is 0 Å². The zero-order valence-electron chi connectivity index (χ0n) is 11.6. The Labute approximate surface area is 125 Å². The molecule has 0 atom stereocenters. The molecule has 1 radical (unpaired) electrons. The molecule has 0 bridgehead atoms. The van der Waals surface area contributed by atoms with Crippen LogP contribution < -0.4 is 0 Å². The van der Waals surface area contributed by atoms with E-state index in [2.05, 4.69) is 13.8 Å². The Balaban J connectivity index is -0.000000321. The van der Waals surface area contributed by atoms with Gasteiger partial charge in [-0.15, -0.1) is 0 Å². The van der Waals surface area contributed by atoms with Crippen molar-refractivity contribution in [1.82, 2.24) is 0 Å². The second kappa shape index (κ2) is 17.5. The van der Waals surface area contributed by atoms with E-state index >= 15 is 0 Å². The Hall–Kier alpha value is 0.493. The van der Waals surface area contributed by atoms with Gasteiger partial charge in [0.25, 0.3) is 0 Å². The molecule has 0 spiro atoms. The fourth-order valence-electron chi connectivity index (χ4n) is 1.49. The van der Waals surface area contributed by atoms with Gasteiger partial charge in [0.1, 0.15) is 0 Å². The maximum absolute atomic E-state index is 8.63. The molecule has 0 aliphatic rings. The molecule has 107 valence electrons. The molecular formula is C12H26O4SZn-. The van der Waals surface area contributed by atoms with Crippen molar-refractivity contribution in [3.63, 3.8) is 0 Å². The van der Waals surface area contributed by atoms with Gasteiger partial charge in [0.05, 0.1) is 0 Å². The Morgan fingerprint density at radius 3 is 1.50 bits per heavy atom. The zero-order chi connectivity index (χ0) is 13.6. The van der Waals surface area contributed by atoms with Crippen LogP contribution in [0.3, 0.4) is 0 Å². The quantitative estimate of drug-likeness (QED) is 0.302. The first-order valence-corrected chi connectivity index (χ1v) is 7.75. The second-order valence-corrected chi connectivity index (χ2v) is 4.97. The molecule has 1 N–H and O–H groups in total. The van der Waals surface area contributed by atoms with Gasteiger partial charge in [-0.05, 0) is 0 Å². The molecule has 0 saturated heterocycles. The Morgan fingerprint density at radius 1 is 0.944 bits per heavy atom. The molecule has 0 aliphatic carbocycles. The summed E-state index contributed by atoms with van der Waals surface area (Å²) in [6, 6.07) is 0. The first-order valence-electron chi connectivity index (χ1n) is 6.39. The van der Waals surface area contributed by atoms with Crippen LogP contribution in [0.5, 0.6) is 0 Å². The van der Waals surface area contributed by atoms with Crippen LogP contribution in [0.2, 0.25) is 0 Å². The second-order valence-electron chi connectivity index (χ2n) is 4.11. The molecule has 0 rings (SSSR count). The standard InChI is InChI=1S/C12H25.H2O4S.Zn/c1-3-5-7-9-11-12-10-8-6-4-2;1-5(2,3)4;/h1,3-12H2,2H3;(H2,1,2,3,4);/p-1. The van der Waals surface area contributed by atoms with Crippen molar-refractivity contribution in [3.8, 4) is 0 Å². The van der Waals surface area contributed by atoms with Crippen LogP contribution in [-0.4, -0.2) is 17.5 Å². The predicted molar refractivity (Wildman–Crippen MR) is 69.5 cm³/mol. The van der Waals surface area contributed by atoms with E-state index in [1.54, 1.807) is 0 Å². The van der Waals surface area contributed by atoms with E-state index in [0.29, 0.717) is 0 Å². The van der Waals surface area contributed by atoms with Crippen LogP contribution in [-0.2, 0) is 29.9 Å². The Bertz CT molecular complexity index is 212. The van der Waals surface area contributed by atoms with Gasteiger partial charge in [-0.25, -0.2) is 8.42 Å². The van der Waals surface area contributed by atoms with Gasteiger partial charge in [0.2, 0.25) is 10.4 Å². The number of rotatable bonds is 9. The SMILES string of the molecule is O=S(=O)([O-])O.[CH2]CCCCCCCCCCC.[Zn]. The van der Waals surface area contributed by atoms with Crippen LogP contribution >= 0.6 is 0 Å². The van der Waals surface area contributed by atoms with Gasteiger partial charge in [-0.3, -0.25) is 4.55 Å². The summed E-state index contributed by atoms with van der Waals surface area (Å²) < 4.78 is 32.8. The normalized spacial score (nSPS) is 10.2. The smallest absolute Gasteiger partial charge is 0.215 e. The molecule has 0 saturated carbocycles.